The Hall–Kier alpha value is -2.38. The van der Waals surface area contributed by atoms with Crippen molar-refractivity contribution in [3.05, 3.63) is 0 Å². The lowest BCUT2D eigenvalue weighted by Gasteiger charge is -2.27. The van der Waals surface area contributed by atoms with Gasteiger partial charge in [0.15, 0.2) is 6.04 Å². The molecule has 13 heteroatoms. The molecule has 9 N–H and O–H groups in total. The number of hydrogen-bond acceptors (Lipinski definition) is 8. The average Bonchev–Trinajstić information content (AvgIpc) is 2.69. The van der Waals surface area contributed by atoms with Gasteiger partial charge in [-0.2, -0.15) is 11.8 Å². The maximum Gasteiger partial charge on any atom is 0.328 e. The van der Waals surface area contributed by atoms with Gasteiger partial charge in [-0.25, -0.2) is 4.79 Å². The summed E-state index contributed by atoms with van der Waals surface area (Å²) in [6, 6.07) is -4.70. The number of nitrogens with one attached hydrogen (secondary N) is 3. The third-order valence-electron chi connectivity index (χ3n) is 4.58. The number of aliphatic carboxylic acids is 1. The van der Waals surface area contributed by atoms with E-state index in [1.54, 1.807) is 13.8 Å². The van der Waals surface area contributed by atoms with E-state index in [4.69, 9.17) is 16.6 Å². The van der Waals surface area contributed by atoms with Gasteiger partial charge in [-0.15, -0.1) is 0 Å². The van der Waals surface area contributed by atoms with Crippen LogP contribution in [0.5, 0.6) is 0 Å². The second kappa shape index (κ2) is 14.6. The fourth-order valence-corrected chi connectivity index (χ4v) is 3.10. The van der Waals surface area contributed by atoms with E-state index < -0.39 is 65.8 Å². The Morgan fingerprint density at radius 3 is 1.91 bits per heavy atom. The Morgan fingerprint density at radius 2 is 1.47 bits per heavy atom. The van der Waals surface area contributed by atoms with Crippen LogP contribution in [-0.4, -0.2) is 82.1 Å². The van der Waals surface area contributed by atoms with Crippen LogP contribution >= 0.6 is 11.8 Å². The number of carboxylic acids is 1. The second-order valence-electron chi connectivity index (χ2n) is 7.75. The monoisotopic (exact) mass is 477 g/mol. The zero-order chi connectivity index (χ0) is 25.0. The van der Waals surface area contributed by atoms with Crippen molar-refractivity contribution in [1.29, 1.82) is 0 Å². The topological polar surface area (TPSA) is 214 Å². The van der Waals surface area contributed by atoms with Crippen molar-refractivity contribution in [2.75, 3.05) is 12.0 Å². The number of aliphatic hydroxyl groups excluding tert-OH is 1. The SMILES string of the molecule is CSCCC(NC(=O)C(N)CCC(N)=O)C(=O)NC(C(=O)NC(C(=O)O)C(C)O)C(C)C. The average molecular weight is 478 g/mol. The van der Waals surface area contributed by atoms with Crippen LogP contribution in [0.15, 0.2) is 0 Å². The molecule has 5 atom stereocenters. The minimum absolute atomic E-state index is 0.0188. The van der Waals surface area contributed by atoms with E-state index in [0.717, 1.165) is 0 Å². The van der Waals surface area contributed by atoms with Gasteiger partial charge >= 0.3 is 5.97 Å². The van der Waals surface area contributed by atoms with E-state index in [-0.39, 0.29) is 19.3 Å². The highest BCUT2D eigenvalue weighted by atomic mass is 32.2. The van der Waals surface area contributed by atoms with Crippen LogP contribution < -0.4 is 27.4 Å². The van der Waals surface area contributed by atoms with Crippen LogP contribution in [0.4, 0.5) is 0 Å². The van der Waals surface area contributed by atoms with E-state index in [1.807, 2.05) is 6.26 Å². The number of amides is 4. The molecule has 32 heavy (non-hydrogen) atoms. The van der Waals surface area contributed by atoms with Crippen molar-refractivity contribution in [2.24, 2.45) is 17.4 Å². The normalized spacial score (nSPS) is 15.7. The highest BCUT2D eigenvalue weighted by Crippen LogP contribution is 2.07. The summed E-state index contributed by atoms with van der Waals surface area (Å²) in [6.45, 7) is 4.52. The molecular formula is C19H35N5O7S. The second-order valence-corrected chi connectivity index (χ2v) is 8.74. The summed E-state index contributed by atoms with van der Waals surface area (Å²) >= 11 is 1.45. The molecular weight excluding hydrogens is 442 g/mol. The van der Waals surface area contributed by atoms with Crippen molar-refractivity contribution < 1.29 is 34.2 Å². The zero-order valence-corrected chi connectivity index (χ0v) is 19.6. The maximum absolute atomic E-state index is 12.9. The molecule has 0 saturated heterocycles. The molecule has 0 heterocycles. The van der Waals surface area contributed by atoms with Gasteiger partial charge < -0.3 is 37.6 Å². The van der Waals surface area contributed by atoms with Crippen LogP contribution in [0.1, 0.15) is 40.0 Å². The number of carboxylic acid groups (broad SMARTS) is 1. The van der Waals surface area contributed by atoms with Gasteiger partial charge in [0.1, 0.15) is 12.1 Å². The van der Waals surface area contributed by atoms with E-state index in [2.05, 4.69) is 16.0 Å². The van der Waals surface area contributed by atoms with Gasteiger partial charge in [0.25, 0.3) is 0 Å². The number of aliphatic hydroxyl groups is 1. The number of nitrogens with two attached hydrogens (primary N) is 2. The van der Waals surface area contributed by atoms with E-state index in [1.165, 1.54) is 18.7 Å². The van der Waals surface area contributed by atoms with Crippen LogP contribution in [-0.2, 0) is 24.0 Å². The standard InChI is InChI=1S/C19H35N5O7S/c1-9(2)14(18(29)24-15(10(3)25)19(30)31)23-17(28)12(7-8-32-4)22-16(27)11(20)5-6-13(21)26/h9-12,14-15,25H,5-8,20H2,1-4H3,(H2,21,26)(H,22,27)(H,23,28)(H,24,29)(H,30,31). The van der Waals surface area contributed by atoms with Crippen molar-refractivity contribution in [3.63, 3.8) is 0 Å². The predicted molar refractivity (Wildman–Crippen MR) is 119 cm³/mol. The van der Waals surface area contributed by atoms with Crippen molar-refractivity contribution in [1.82, 2.24) is 16.0 Å². The molecule has 5 unspecified atom stereocenters. The lowest BCUT2D eigenvalue weighted by Crippen LogP contribution is -2.59. The zero-order valence-electron chi connectivity index (χ0n) is 18.8. The number of thioether (sulfide) groups is 1. The molecule has 0 saturated carbocycles. The summed E-state index contributed by atoms with van der Waals surface area (Å²) in [4.78, 5) is 59.9. The number of hydrogen-bond donors (Lipinski definition) is 7. The van der Waals surface area contributed by atoms with Crippen LogP contribution in [0.25, 0.3) is 0 Å². The predicted octanol–water partition coefficient (Wildman–Crippen LogP) is -2.09. The Kier molecular flexibility index (Phi) is 13.5. The van der Waals surface area contributed by atoms with Crippen LogP contribution in [0.2, 0.25) is 0 Å². The van der Waals surface area contributed by atoms with Gasteiger partial charge in [0.05, 0.1) is 12.1 Å². The molecule has 184 valence electrons. The molecule has 4 amide bonds. The highest BCUT2D eigenvalue weighted by Gasteiger charge is 2.33. The first-order valence-corrected chi connectivity index (χ1v) is 11.6. The molecule has 0 aliphatic carbocycles. The third kappa shape index (κ3) is 10.8. The molecule has 0 aromatic carbocycles. The van der Waals surface area contributed by atoms with Crippen molar-refractivity contribution in [2.45, 2.75) is 70.3 Å². The Labute approximate surface area is 191 Å². The van der Waals surface area contributed by atoms with E-state index in [9.17, 15) is 29.1 Å². The first-order valence-electron chi connectivity index (χ1n) is 10.2. The highest BCUT2D eigenvalue weighted by molar-refractivity contribution is 7.98. The van der Waals surface area contributed by atoms with E-state index >= 15 is 0 Å². The number of primary amides is 1. The van der Waals surface area contributed by atoms with Gasteiger partial charge in [0.2, 0.25) is 23.6 Å². The van der Waals surface area contributed by atoms with Gasteiger partial charge in [-0.05, 0) is 37.7 Å². The first kappa shape index (κ1) is 29.6. The minimum atomic E-state index is -1.55. The first-order chi connectivity index (χ1) is 14.8. The quantitative estimate of drug-likeness (QED) is 0.137. The molecule has 0 bridgehead atoms. The Bertz CT molecular complexity index is 674. The Morgan fingerprint density at radius 1 is 0.906 bits per heavy atom. The van der Waals surface area contributed by atoms with Crippen molar-refractivity contribution >= 4 is 41.4 Å². The number of carbonyl (C=O) groups is 5. The molecule has 12 nitrogen and oxygen atoms in total. The molecule has 0 aliphatic heterocycles. The van der Waals surface area contributed by atoms with Crippen molar-refractivity contribution in [3.8, 4) is 0 Å². The molecule has 0 rings (SSSR count). The number of rotatable bonds is 15. The molecule has 0 radical (unpaired) electrons. The molecule has 0 aliphatic rings. The van der Waals surface area contributed by atoms with E-state index in [0.29, 0.717) is 5.75 Å². The molecule has 0 fully saturated rings. The van der Waals surface area contributed by atoms with Crippen LogP contribution in [0, 0.1) is 5.92 Å². The summed E-state index contributed by atoms with van der Waals surface area (Å²) < 4.78 is 0. The summed E-state index contributed by atoms with van der Waals surface area (Å²) in [5, 5.41) is 26.0. The fourth-order valence-electron chi connectivity index (χ4n) is 2.63. The third-order valence-corrected chi connectivity index (χ3v) is 5.22. The molecule has 0 aromatic heterocycles. The number of carbonyl (C=O) groups excluding carboxylic acids is 4. The fraction of sp³-hybridized carbons (Fsp3) is 0.737. The summed E-state index contributed by atoms with van der Waals surface area (Å²) in [5.41, 5.74) is 10.8. The van der Waals surface area contributed by atoms with Gasteiger partial charge in [-0.1, -0.05) is 13.8 Å². The minimum Gasteiger partial charge on any atom is -0.480 e. The van der Waals surface area contributed by atoms with Gasteiger partial charge in [-0.3, -0.25) is 19.2 Å². The summed E-state index contributed by atoms with van der Waals surface area (Å²) in [6.07, 6.45) is 0.654. The Balaban J connectivity index is 5.34. The lowest BCUT2D eigenvalue weighted by atomic mass is 10.0. The largest absolute Gasteiger partial charge is 0.480 e. The maximum atomic E-state index is 12.9. The molecule has 0 aromatic rings. The molecule has 0 spiro atoms. The van der Waals surface area contributed by atoms with Gasteiger partial charge in [0, 0.05) is 6.42 Å². The summed E-state index contributed by atoms with van der Waals surface area (Å²) in [5.74, 6) is -3.99. The lowest BCUT2D eigenvalue weighted by molar-refractivity contribution is -0.145. The van der Waals surface area contributed by atoms with Crippen LogP contribution in [0.3, 0.4) is 0 Å². The summed E-state index contributed by atoms with van der Waals surface area (Å²) in [7, 11) is 0. The smallest absolute Gasteiger partial charge is 0.328 e.